The van der Waals surface area contributed by atoms with Crippen molar-refractivity contribution in [3.8, 4) is 22.5 Å². The van der Waals surface area contributed by atoms with Crippen molar-refractivity contribution in [1.29, 1.82) is 0 Å². The molecule has 3 rings (SSSR count). The van der Waals surface area contributed by atoms with E-state index in [4.69, 9.17) is 0 Å². The van der Waals surface area contributed by atoms with E-state index in [0.29, 0.717) is 0 Å². The minimum atomic E-state index is 0.121. The zero-order valence-electron chi connectivity index (χ0n) is 13.1. The molecule has 0 atom stereocenters. The van der Waals surface area contributed by atoms with Gasteiger partial charge < -0.3 is 4.57 Å². The monoisotopic (exact) mass is 289 g/mol. The maximum absolute atomic E-state index is 12.7. The van der Waals surface area contributed by atoms with Crippen molar-refractivity contribution in [3.63, 3.8) is 0 Å². The molecule has 1 heterocycles. The molecular formula is C20H19NO. The first-order valence-electron chi connectivity index (χ1n) is 7.42. The van der Waals surface area contributed by atoms with Gasteiger partial charge in [0.05, 0.1) is 11.4 Å². The molecule has 0 saturated carbocycles. The predicted molar refractivity (Wildman–Crippen MR) is 92.0 cm³/mol. The minimum Gasteiger partial charge on any atom is -0.343 e. The first-order valence-corrected chi connectivity index (χ1v) is 7.42. The lowest BCUT2D eigenvalue weighted by Crippen LogP contribution is -2.18. The molecule has 0 N–H and O–H groups in total. The number of pyridine rings is 1. The molecule has 2 nitrogen and oxygen atoms in total. The van der Waals surface area contributed by atoms with Gasteiger partial charge in [0.15, 0.2) is 5.43 Å². The molecule has 0 aliphatic heterocycles. The van der Waals surface area contributed by atoms with Gasteiger partial charge in [0.2, 0.25) is 0 Å². The molecule has 0 fully saturated rings. The van der Waals surface area contributed by atoms with Crippen LogP contribution in [0.4, 0.5) is 0 Å². The lowest BCUT2D eigenvalue weighted by molar-refractivity contribution is 0.900. The number of benzene rings is 2. The summed E-state index contributed by atoms with van der Waals surface area (Å²) in [5.74, 6) is 0. The molecule has 0 spiro atoms. The van der Waals surface area contributed by atoms with Crippen LogP contribution in [0.1, 0.15) is 11.1 Å². The van der Waals surface area contributed by atoms with E-state index in [9.17, 15) is 4.79 Å². The lowest BCUT2D eigenvalue weighted by Gasteiger charge is -2.20. The van der Waals surface area contributed by atoms with E-state index < -0.39 is 0 Å². The van der Waals surface area contributed by atoms with Gasteiger partial charge in [-0.2, -0.15) is 0 Å². The predicted octanol–water partition coefficient (Wildman–Crippen LogP) is 4.34. The van der Waals surface area contributed by atoms with Gasteiger partial charge in [-0.05, 0) is 25.0 Å². The van der Waals surface area contributed by atoms with Crippen LogP contribution in [0.5, 0.6) is 0 Å². The van der Waals surface area contributed by atoms with Gasteiger partial charge in [-0.3, -0.25) is 4.79 Å². The Kier molecular flexibility index (Phi) is 3.68. The van der Waals surface area contributed by atoms with Crippen LogP contribution in [0.15, 0.2) is 65.5 Å². The van der Waals surface area contributed by atoms with Crippen LogP contribution in [0, 0.1) is 13.8 Å². The van der Waals surface area contributed by atoms with Crippen molar-refractivity contribution in [2.45, 2.75) is 13.8 Å². The third-order valence-corrected chi connectivity index (χ3v) is 4.16. The second-order valence-electron chi connectivity index (χ2n) is 5.57. The normalized spacial score (nSPS) is 10.7. The van der Waals surface area contributed by atoms with Crippen LogP contribution in [-0.4, -0.2) is 4.57 Å². The highest BCUT2D eigenvalue weighted by Crippen LogP contribution is 2.28. The third-order valence-electron chi connectivity index (χ3n) is 4.16. The molecule has 2 aromatic carbocycles. The van der Waals surface area contributed by atoms with Crippen LogP contribution in [0.3, 0.4) is 0 Å². The topological polar surface area (TPSA) is 22.0 Å². The summed E-state index contributed by atoms with van der Waals surface area (Å²) in [5.41, 5.74) is 5.81. The van der Waals surface area contributed by atoms with Gasteiger partial charge in [-0.1, -0.05) is 60.7 Å². The summed E-state index contributed by atoms with van der Waals surface area (Å²) in [6.45, 7) is 3.82. The minimum absolute atomic E-state index is 0.121. The first kappa shape index (κ1) is 14.3. The largest absolute Gasteiger partial charge is 0.343 e. The van der Waals surface area contributed by atoms with Crippen LogP contribution in [0.2, 0.25) is 0 Å². The van der Waals surface area contributed by atoms with E-state index in [2.05, 4.69) is 4.57 Å². The Labute approximate surface area is 130 Å². The maximum Gasteiger partial charge on any atom is 0.188 e. The first-order chi connectivity index (χ1) is 10.6. The van der Waals surface area contributed by atoms with E-state index in [0.717, 1.165) is 33.6 Å². The van der Waals surface area contributed by atoms with E-state index in [1.165, 1.54) is 0 Å². The van der Waals surface area contributed by atoms with Crippen molar-refractivity contribution in [2.24, 2.45) is 7.05 Å². The Hall–Kier alpha value is -2.61. The second kappa shape index (κ2) is 5.64. The molecule has 0 unspecified atom stereocenters. The van der Waals surface area contributed by atoms with Crippen molar-refractivity contribution in [3.05, 3.63) is 82.0 Å². The lowest BCUT2D eigenvalue weighted by atomic mass is 9.99. The highest BCUT2D eigenvalue weighted by Gasteiger charge is 2.16. The maximum atomic E-state index is 12.7. The van der Waals surface area contributed by atoms with Crippen LogP contribution >= 0.6 is 0 Å². The summed E-state index contributed by atoms with van der Waals surface area (Å²) in [6.07, 6.45) is 0. The van der Waals surface area contributed by atoms with Crippen LogP contribution < -0.4 is 5.43 Å². The molecule has 0 saturated heterocycles. The molecule has 0 bridgehead atoms. The number of nitrogens with zero attached hydrogens (tertiary/aromatic N) is 1. The molecule has 0 radical (unpaired) electrons. The van der Waals surface area contributed by atoms with E-state index >= 15 is 0 Å². The van der Waals surface area contributed by atoms with Gasteiger partial charge >= 0.3 is 0 Å². The highest BCUT2D eigenvalue weighted by atomic mass is 16.1. The standard InChI is InChI=1S/C20H19NO/c1-14-18(16-10-6-4-7-11-16)21(3)19(15(2)20(14)22)17-12-8-5-9-13-17/h4-13H,1-3H3. The quantitative estimate of drug-likeness (QED) is 0.688. The van der Waals surface area contributed by atoms with Gasteiger partial charge in [-0.25, -0.2) is 0 Å². The van der Waals surface area contributed by atoms with Crippen LogP contribution in [0.25, 0.3) is 22.5 Å². The molecule has 3 aromatic rings. The molecule has 1 aromatic heterocycles. The fourth-order valence-corrected chi connectivity index (χ4v) is 3.12. The Morgan fingerprint density at radius 1 is 0.682 bits per heavy atom. The Bertz CT molecular complexity index is 792. The molecule has 110 valence electrons. The summed E-state index contributed by atoms with van der Waals surface area (Å²) in [6, 6.07) is 20.2. The Morgan fingerprint density at radius 2 is 1.05 bits per heavy atom. The Morgan fingerprint density at radius 3 is 1.41 bits per heavy atom. The summed E-state index contributed by atoms with van der Waals surface area (Å²) in [5, 5.41) is 0. The molecule has 0 aliphatic carbocycles. The Balaban J connectivity index is 2.39. The van der Waals surface area contributed by atoms with E-state index in [1.807, 2.05) is 81.6 Å². The molecule has 0 aliphatic rings. The van der Waals surface area contributed by atoms with E-state index in [1.54, 1.807) is 0 Å². The fourth-order valence-electron chi connectivity index (χ4n) is 3.12. The van der Waals surface area contributed by atoms with Gasteiger partial charge in [0, 0.05) is 18.2 Å². The number of hydrogen-bond donors (Lipinski definition) is 0. The average Bonchev–Trinajstić information content (AvgIpc) is 2.55. The van der Waals surface area contributed by atoms with Crippen molar-refractivity contribution >= 4 is 0 Å². The number of rotatable bonds is 2. The zero-order valence-corrected chi connectivity index (χ0v) is 13.1. The van der Waals surface area contributed by atoms with Gasteiger partial charge in [-0.15, -0.1) is 0 Å². The average molecular weight is 289 g/mol. The van der Waals surface area contributed by atoms with Crippen LogP contribution in [-0.2, 0) is 7.05 Å². The highest BCUT2D eigenvalue weighted by molar-refractivity contribution is 5.72. The summed E-state index contributed by atoms with van der Waals surface area (Å²) in [4.78, 5) is 12.7. The second-order valence-corrected chi connectivity index (χ2v) is 5.57. The summed E-state index contributed by atoms with van der Waals surface area (Å²) in [7, 11) is 2.03. The SMILES string of the molecule is Cc1c(-c2ccccc2)n(C)c(-c2ccccc2)c(C)c1=O. The number of aromatic nitrogens is 1. The fraction of sp³-hybridized carbons (Fsp3) is 0.150. The molecule has 0 amide bonds. The van der Waals surface area contributed by atoms with Gasteiger partial charge in [0.25, 0.3) is 0 Å². The molecular weight excluding hydrogens is 270 g/mol. The van der Waals surface area contributed by atoms with Crippen molar-refractivity contribution < 1.29 is 0 Å². The molecule has 2 heteroatoms. The molecule has 22 heavy (non-hydrogen) atoms. The zero-order chi connectivity index (χ0) is 15.7. The van der Waals surface area contributed by atoms with Gasteiger partial charge in [0.1, 0.15) is 0 Å². The third kappa shape index (κ3) is 2.27. The smallest absolute Gasteiger partial charge is 0.188 e. The number of hydrogen-bond acceptors (Lipinski definition) is 1. The van der Waals surface area contributed by atoms with Crippen molar-refractivity contribution in [1.82, 2.24) is 4.57 Å². The summed E-state index contributed by atoms with van der Waals surface area (Å²) < 4.78 is 2.14. The van der Waals surface area contributed by atoms with Crippen molar-refractivity contribution in [2.75, 3.05) is 0 Å². The summed E-state index contributed by atoms with van der Waals surface area (Å²) >= 11 is 0. The van der Waals surface area contributed by atoms with E-state index in [-0.39, 0.29) is 5.43 Å².